The van der Waals surface area contributed by atoms with Gasteiger partial charge in [-0.3, -0.25) is 47.8 Å². The highest BCUT2D eigenvalue weighted by atomic mass is 32.2. The van der Waals surface area contributed by atoms with Crippen LogP contribution in [0.2, 0.25) is 0 Å². The summed E-state index contributed by atoms with van der Waals surface area (Å²) < 4.78 is 96.1. The molecule has 0 aromatic carbocycles. The first-order chi connectivity index (χ1) is 56.0. The second kappa shape index (κ2) is 39.3. The molecule has 6 saturated carbocycles. The van der Waals surface area contributed by atoms with Crippen LogP contribution in [0, 0.1) is 29.6 Å². The number of primary sulfonamides is 1. The number of amides is 11. The van der Waals surface area contributed by atoms with E-state index in [0.717, 1.165) is 77.0 Å². The van der Waals surface area contributed by atoms with Crippen molar-refractivity contribution in [3.05, 3.63) is 36.5 Å². The summed E-state index contributed by atoms with van der Waals surface area (Å²) in [5.41, 5.74) is 0.146. The SMILES string of the molecule is CC(C)(C)OC(=O)N[C@H]1CCCCC/C=C\[C@@H]2C[C@@]2(C(=O)NS(=O)(=O)C2CC2)NC(=O)[C@@H]2C[C@@H](N)CN2C1=O.CCOC(=O)[C@@]12C[C@H]1/C=C\CCCCC[C@H](NC(=O)OC(C)(C)C)C(=O)N1C[C@H](C)C[C@H]1C(=O)N2.C[C@@H]1C[C@H]2C(=O)N[C@]3(C(=O)NS(=O)(=O)C4CC4)C[C@H]3/C=C\CCCCC[C@H](NC(=O)OC(C)(C)C)C(=O)N2C1.NS(=O)(=O)C1CC1. The highest BCUT2D eigenvalue weighted by molar-refractivity contribution is 7.91. The van der Waals surface area contributed by atoms with Gasteiger partial charge in [-0.2, -0.15) is 0 Å². The number of esters is 1. The molecule has 9 fully saturated rings. The molecule has 3 saturated heterocycles. The molecule has 38 heteroatoms. The van der Waals surface area contributed by atoms with Crippen LogP contribution in [-0.4, -0.2) is 229 Å². The molecule has 11 amide bonds. The van der Waals surface area contributed by atoms with Crippen LogP contribution in [0.5, 0.6) is 0 Å². The minimum atomic E-state index is -3.81. The molecule has 0 unspecified atom stereocenters. The predicted molar refractivity (Wildman–Crippen MR) is 443 cm³/mol. The number of rotatable bonds is 12. The molecule has 15 atom stereocenters. The third-order valence-corrected chi connectivity index (χ3v) is 28.2. The summed E-state index contributed by atoms with van der Waals surface area (Å²) in [6.45, 7) is 22.5. The highest BCUT2D eigenvalue weighted by Gasteiger charge is 2.65. The maximum atomic E-state index is 13.7. The van der Waals surface area contributed by atoms with Gasteiger partial charge < -0.3 is 71.3 Å². The van der Waals surface area contributed by atoms with Gasteiger partial charge in [-0.25, -0.2) is 49.6 Å². The summed E-state index contributed by atoms with van der Waals surface area (Å²) in [6.07, 6.45) is 26.2. The van der Waals surface area contributed by atoms with Crippen molar-refractivity contribution in [3.63, 3.8) is 0 Å². The van der Waals surface area contributed by atoms with Crippen molar-refractivity contribution in [2.24, 2.45) is 40.5 Å². The third kappa shape index (κ3) is 26.8. The molecule has 12 aliphatic rings. The zero-order valence-electron chi connectivity index (χ0n) is 71.7. The van der Waals surface area contributed by atoms with E-state index < -0.39 is 170 Å². The number of sulfonamides is 3. The zero-order chi connectivity index (χ0) is 88.5. The van der Waals surface area contributed by atoms with Crippen molar-refractivity contribution >= 4 is 102 Å². The van der Waals surface area contributed by atoms with E-state index in [0.29, 0.717) is 96.6 Å². The molecule has 0 bridgehead atoms. The van der Waals surface area contributed by atoms with E-state index in [1.54, 1.807) is 74.1 Å². The lowest BCUT2D eigenvalue weighted by Crippen LogP contribution is -2.58. The van der Waals surface area contributed by atoms with E-state index in [4.69, 9.17) is 29.8 Å². The predicted octanol–water partition coefficient (Wildman–Crippen LogP) is 5.44. The quantitative estimate of drug-likeness (QED) is 0.0660. The molecule has 6 aliphatic carbocycles. The van der Waals surface area contributed by atoms with E-state index in [2.05, 4.69) is 47.4 Å². The standard InChI is InChI=1S/C27H42N4O7S.C26H41N5O7S.C26H41N3O6.C3H7NO2S/c1-17-14-21-22(32)29-27(24(34)30-39(36,37)19-12-13-19)15-18(27)10-8-6-5-7-9-11-20(23(33)31(21)16-17)28-25(35)38-26(2,3)4;1-25(2,3)38-24(35)28-19-10-8-6-4-5-7-9-16-14-26(16,23(34)30-39(36,37)18-11-12-18)29-21(32)20-13-17(27)15-31(20)22(19)33;1-6-34-23(32)26-15-18(26)12-10-8-7-9-11-13-19(27-24(33)35-25(3,4)5)22(31)29-16-17(2)14-20(29)21(30)28-26;4-7(5,6)3-1-2-3/h8,10,17-21H,5-7,9,11-16H2,1-4H3,(H,28,35)(H,29,32)(H,30,34);7,9,16-20H,4-6,8,10-15,27H2,1-3H3,(H,28,35)(H,29,32)(H,30,34);10,12,17-20H,6-9,11,13-16H2,1-5H3,(H,27,33)(H,28,30);3H,1-2H2,(H2,4,5,6)/b10-8-;9-7-;12-10-;/t17-,18-,20+,21+,27-;16-,17-,19+,20+,26-;17-,18-,19+,20+,26-;/m111./s1. The van der Waals surface area contributed by atoms with Gasteiger partial charge in [0.25, 0.3) is 11.8 Å². The van der Waals surface area contributed by atoms with Crippen molar-refractivity contribution in [3.8, 4) is 0 Å². The number of nitrogens with two attached hydrogens (primary N) is 2. The molecular formula is C82H131N13O22S3. The lowest BCUT2D eigenvalue weighted by atomic mass is 10.0. The molecule has 6 aliphatic heterocycles. The summed E-state index contributed by atoms with van der Waals surface area (Å²) in [6, 6.07) is -5.51. The average Bonchev–Trinajstić information content (AvgIpc) is 1.56. The Morgan fingerprint density at radius 3 is 1.07 bits per heavy atom. The zero-order valence-corrected chi connectivity index (χ0v) is 74.2. The van der Waals surface area contributed by atoms with Gasteiger partial charge in [0.15, 0.2) is 0 Å². The number of hydrogen-bond donors (Lipinski definition) is 10. The van der Waals surface area contributed by atoms with Crippen molar-refractivity contribution < 1.29 is 102 Å². The van der Waals surface area contributed by atoms with Crippen LogP contribution in [0.3, 0.4) is 0 Å². The number of carbonyl (C=O) groups is 12. The van der Waals surface area contributed by atoms with E-state index in [-0.39, 0.29) is 78.6 Å². The van der Waals surface area contributed by atoms with Gasteiger partial charge in [0, 0.05) is 43.4 Å². The Morgan fingerprint density at radius 1 is 0.450 bits per heavy atom. The van der Waals surface area contributed by atoms with Crippen LogP contribution in [-0.2, 0) is 92.2 Å². The largest absolute Gasteiger partial charge is 0.464 e. The van der Waals surface area contributed by atoms with E-state index >= 15 is 0 Å². The fraction of sp³-hybridized carbons (Fsp3) is 0.780. The fourth-order valence-electron chi connectivity index (χ4n) is 16.1. The van der Waals surface area contributed by atoms with Crippen LogP contribution in [0.15, 0.2) is 36.5 Å². The topological polar surface area (TPSA) is 502 Å². The molecule has 35 nitrogen and oxygen atoms in total. The smallest absolute Gasteiger partial charge is 0.408 e. The Bertz CT molecular complexity index is 4070. The Labute approximate surface area is 706 Å². The molecule has 674 valence electrons. The minimum absolute atomic E-state index is 0.0284. The van der Waals surface area contributed by atoms with Crippen molar-refractivity contribution in [1.29, 1.82) is 0 Å². The van der Waals surface area contributed by atoms with Gasteiger partial charge in [-0.05, 0) is 216 Å². The number of nitrogens with zero attached hydrogens (tertiary/aromatic N) is 3. The average molecular weight is 1750 g/mol. The maximum Gasteiger partial charge on any atom is 0.408 e. The monoisotopic (exact) mass is 1750 g/mol. The number of nitrogens with one attached hydrogen (secondary N) is 8. The van der Waals surface area contributed by atoms with Crippen molar-refractivity contribution in [2.45, 2.75) is 348 Å². The normalized spacial score (nSPS) is 32.3. The van der Waals surface area contributed by atoms with E-state index in [1.165, 1.54) is 9.80 Å². The Hall–Kier alpha value is -7.97. The molecule has 120 heavy (non-hydrogen) atoms. The molecule has 12 rings (SSSR count). The number of carbonyl (C=O) groups excluding carboxylic acids is 12. The maximum absolute atomic E-state index is 13.7. The fourth-order valence-corrected chi connectivity index (χ4v) is 19.7. The third-order valence-electron chi connectivity index (χ3n) is 23.2. The van der Waals surface area contributed by atoms with Crippen LogP contribution in [0.4, 0.5) is 14.4 Å². The van der Waals surface area contributed by atoms with Crippen LogP contribution in [0.25, 0.3) is 0 Å². The minimum Gasteiger partial charge on any atom is -0.464 e. The molecule has 12 N–H and O–H groups in total. The van der Waals surface area contributed by atoms with Crippen LogP contribution < -0.4 is 52.2 Å². The van der Waals surface area contributed by atoms with E-state index in [9.17, 15) is 82.8 Å². The first-order valence-electron chi connectivity index (χ1n) is 42.9. The van der Waals surface area contributed by atoms with Crippen LogP contribution >= 0.6 is 0 Å². The van der Waals surface area contributed by atoms with E-state index in [1.807, 2.05) is 44.2 Å². The molecule has 0 aromatic heterocycles. The number of ether oxygens (including phenoxy) is 4. The molecule has 0 aromatic rings. The summed E-state index contributed by atoms with van der Waals surface area (Å²) in [5.74, 6) is -5.07. The summed E-state index contributed by atoms with van der Waals surface area (Å²) in [4.78, 5) is 163. The number of alkyl carbamates (subject to hydrolysis) is 3. The van der Waals surface area contributed by atoms with Crippen molar-refractivity contribution in [1.82, 2.24) is 56.0 Å². The number of fused-ring (bicyclic) bond motifs is 6. The first-order valence-corrected chi connectivity index (χ1v) is 47.6. The second-order valence-corrected chi connectivity index (χ2v) is 43.4. The van der Waals surface area contributed by atoms with Gasteiger partial charge in [0.2, 0.25) is 65.5 Å². The van der Waals surface area contributed by atoms with Gasteiger partial charge in [0.1, 0.15) is 69.7 Å². The summed E-state index contributed by atoms with van der Waals surface area (Å²) in [7, 11) is -10.7. The summed E-state index contributed by atoms with van der Waals surface area (Å²) in [5, 5.41) is 20.1. The Kier molecular flexibility index (Phi) is 31.4. The lowest BCUT2D eigenvalue weighted by Gasteiger charge is -2.30. The van der Waals surface area contributed by atoms with Gasteiger partial charge in [0.05, 0.1) is 22.4 Å². The number of allylic oxidation sites excluding steroid dienone is 3. The number of hydrogen-bond acceptors (Lipinski definition) is 23. The highest BCUT2D eigenvalue weighted by Crippen LogP contribution is 2.49. The lowest BCUT2D eigenvalue weighted by molar-refractivity contribution is -0.150. The van der Waals surface area contributed by atoms with Gasteiger partial charge in [-0.1, -0.05) is 88.8 Å². The molecule has 0 spiro atoms. The first kappa shape index (κ1) is 95.9. The Morgan fingerprint density at radius 2 is 0.758 bits per heavy atom. The van der Waals surface area contributed by atoms with Crippen molar-refractivity contribution in [2.75, 3.05) is 26.2 Å². The second-order valence-electron chi connectivity index (χ2n) is 37.7. The Balaban J connectivity index is 0.000000196. The summed E-state index contributed by atoms with van der Waals surface area (Å²) >= 11 is 0. The molecular weight excluding hydrogens is 1620 g/mol. The van der Waals surface area contributed by atoms with Gasteiger partial charge in [-0.15, -0.1) is 0 Å². The molecule has 6 heterocycles. The molecule has 0 radical (unpaired) electrons. The van der Waals surface area contributed by atoms with Gasteiger partial charge >= 0.3 is 24.2 Å². The van der Waals surface area contributed by atoms with Crippen LogP contribution in [0.1, 0.15) is 256 Å².